The maximum atomic E-state index is 9.37. The fourth-order valence-electron chi connectivity index (χ4n) is 3.32. The minimum Gasteiger partial charge on any atom is -0.396 e. The number of thiophene rings is 1. The van der Waals surface area contributed by atoms with Crippen molar-refractivity contribution in [2.75, 3.05) is 6.61 Å². The second-order valence-corrected chi connectivity index (χ2v) is 8.11. The van der Waals surface area contributed by atoms with Crippen LogP contribution < -0.4 is 5.32 Å². The van der Waals surface area contributed by atoms with Crippen LogP contribution in [0.5, 0.6) is 0 Å². The Morgan fingerprint density at radius 3 is 2.55 bits per heavy atom. The van der Waals surface area contributed by atoms with Gasteiger partial charge in [0, 0.05) is 23.6 Å². The summed E-state index contributed by atoms with van der Waals surface area (Å²) in [4.78, 5) is 1.46. The molecule has 2 rings (SSSR count). The number of aliphatic hydroxyl groups is 1. The molecule has 114 valence electrons. The van der Waals surface area contributed by atoms with E-state index in [-0.39, 0.29) is 12.0 Å². The fourth-order valence-corrected chi connectivity index (χ4v) is 4.20. The summed E-state index contributed by atoms with van der Waals surface area (Å²) in [6.07, 6.45) is 6.25. The highest BCUT2D eigenvalue weighted by atomic mass is 32.1. The number of hydrogen-bond donors (Lipinski definition) is 2. The van der Waals surface area contributed by atoms with Crippen molar-refractivity contribution in [2.24, 2.45) is 11.3 Å². The van der Waals surface area contributed by atoms with Gasteiger partial charge >= 0.3 is 0 Å². The molecule has 0 saturated heterocycles. The van der Waals surface area contributed by atoms with Crippen molar-refractivity contribution in [1.82, 2.24) is 5.32 Å². The van der Waals surface area contributed by atoms with Crippen molar-refractivity contribution in [3.63, 3.8) is 0 Å². The molecule has 2 unspecified atom stereocenters. The van der Waals surface area contributed by atoms with Gasteiger partial charge in [0.1, 0.15) is 0 Å². The van der Waals surface area contributed by atoms with Gasteiger partial charge in [0.25, 0.3) is 0 Å². The van der Waals surface area contributed by atoms with Gasteiger partial charge < -0.3 is 10.4 Å². The quantitative estimate of drug-likeness (QED) is 0.817. The van der Waals surface area contributed by atoms with E-state index in [4.69, 9.17) is 0 Å². The first-order valence-electron chi connectivity index (χ1n) is 7.92. The van der Waals surface area contributed by atoms with E-state index in [1.165, 1.54) is 30.6 Å². The maximum absolute atomic E-state index is 9.37. The standard InChI is InChI=1S/C17H29NOS/c1-17(2,3)15(10-11-19)18-16(13-7-4-5-8-13)14-9-6-12-20-14/h6,9,12-13,15-16,18-19H,4-5,7-8,10-11H2,1-3H3. The second kappa shape index (κ2) is 7.06. The molecule has 1 aromatic rings. The predicted molar refractivity (Wildman–Crippen MR) is 87.1 cm³/mol. The molecule has 0 bridgehead atoms. The minimum absolute atomic E-state index is 0.177. The highest BCUT2D eigenvalue weighted by Gasteiger charge is 2.32. The lowest BCUT2D eigenvalue weighted by molar-refractivity contribution is 0.172. The third kappa shape index (κ3) is 4.06. The van der Waals surface area contributed by atoms with E-state index in [2.05, 4.69) is 43.6 Å². The Hall–Kier alpha value is -0.380. The Morgan fingerprint density at radius 1 is 1.35 bits per heavy atom. The summed E-state index contributed by atoms with van der Waals surface area (Å²) in [5.74, 6) is 0.761. The second-order valence-electron chi connectivity index (χ2n) is 7.14. The normalized spacial score (nSPS) is 20.2. The molecule has 1 saturated carbocycles. The summed E-state index contributed by atoms with van der Waals surface area (Å²) in [5, 5.41) is 15.4. The van der Waals surface area contributed by atoms with E-state index in [0.29, 0.717) is 12.1 Å². The van der Waals surface area contributed by atoms with E-state index < -0.39 is 0 Å². The van der Waals surface area contributed by atoms with E-state index in [0.717, 1.165) is 12.3 Å². The molecule has 20 heavy (non-hydrogen) atoms. The molecule has 3 heteroatoms. The molecular weight excluding hydrogens is 266 g/mol. The number of rotatable bonds is 6. The molecule has 1 heterocycles. The molecule has 0 spiro atoms. The van der Waals surface area contributed by atoms with Gasteiger partial charge in [-0.1, -0.05) is 39.7 Å². The number of hydrogen-bond acceptors (Lipinski definition) is 3. The van der Waals surface area contributed by atoms with Gasteiger partial charge in [-0.3, -0.25) is 0 Å². The average Bonchev–Trinajstić information content (AvgIpc) is 3.05. The van der Waals surface area contributed by atoms with E-state index >= 15 is 0 Å². The van der Waals surface area contributed by atoms with Crippen molar-refractivity contribution >= 4 is 11.3 Å². The highest BCUT2D eigenvalue weighted by Crippen LogP contribution is 2.39. The summed E-state index contributed by atoms with van der Waals surface area (Å²) >= 11 is 1.86. The molecule has 0 amide bonds. The monoisotopic (exact) mass is 295 g/mol. The van der Waals surface area contributed by atoms with Crippen molar-refractivity contribution in [3.8, 4) is 0 Å². The smallest absolute Gasteiger partial charge is 0.0446 e. The van der Waals surface area contributed by atoms with Gasteiger partial charge in [0.2, 0.25) is 0 Å². The van der Waals surface area contributed by atoms with Crippen molar-refractivity contribution in [3.05, 3.63) is 22.4 Å². The number of aliphatic hydroxyl groups excluding tert-OH is 1. The van der Waals surface area contributed by atoms with Gasteiger partial charge in [-0.2, -0.15) is 0 Å². The number of nitrogens with one attached hydrogen (secondary N) is 1. The molecule has 1 aliphatic carbocycles. The SMILES string of the molecule is CC(C)(C)C(CCO)NC(c1cccs1)C1CCCC1. The van der Waals surface area contributed by atoms with Gasteiger partial charge in [-0.05, 0) is 42.0 Å². The Kier molecular flexibility index (Phi) is 5.65. The lowest BCUT2D eigenvalue weighted by Gasteiger charge is -2.36. The third-order valence-corrected chi connectivity index (χ3v) is 5.52. The first-order chi connectivity index (χ1) is 9.52. The predicted octanol–water partition coefficient (Wildman–Crippen LogP) is 4.37. The first kappa shape index (κ1) is 16.0. The lowest BCUT2D eigenvalue weighted by atomic mass is 9.83. The summed E-state index contributed by atoms with van der Waals surface area (Å²) < 4.78 is 0. The molecule has 0 aromatic carbocycles. The van der Waals surface area contributed by atoms with E-state index in [1.807, 2.05) is 11.3 Å². The van der Waals surface area contributed by atoms with Crippen LogP contribution in [-0.4, -0.2) is 17.8 Å². The Bertz CT molecular complexity index is 376. The van der Waals surface area contributed by atoms with Crippen LogP contribution in [0.1, 0.15) is 63.8 Å². The molecule has 1 aliphatic rings. The van der Waals surface area contributed by atoms with E-state index in [1.54, 1.807) is 0 Å². The van der Waals surface area contributed by atoms with E-state index in [9.17, 15) is 5.11 Å². The average molecular weight is 295 g/mol. The molecule has 2 atom stereocenters. The molecule has 0 radical (unpaired) electrons. The van der Waals surface area contributed by atoms with Crippen LogP contribution in [-0.2, 0) is 0 Å². The molecule has 2 N–H and O–H groups in total. The van der Waals surface area contributed by atoms with Crippen LogP contribution in [0.15, 0.2) is 17.5 Å². The van der Waals surface area contributed by atoms with Gasteiger partial charge in [-0.15, -0.1) is 11.3 Å². The fraction of sp³-hybridized carbons (Fsp3) is 0.765. The van der Waals surface area contributed by atoms with Crippen LogP contribution in [0.4, 0.5) is 0 Å². The minimum atomic E-state index is 0.177. The summed E-state index contributed by atoms with van der Waals surface area (Å²) in [7, 11) is 0. The van der Waals surface area contributed by atoms with Gasteiger partial charge in [-0.25, -0.2) is 0 Å². The molecule has 1 fully saturated rings. The zero-order chi connectivity index (χ0) is 14.6. The third-order valence-electron chi connectivity index (χ3n) is 4.56. The first-order valence-corrected chi connectivity index (χ1v) is 8.80. The topological polar surface area (TPSA) is 32.3 Å². The van der Waals surface area contributed by atoms with Crippen LogP contribution >= 0.6 is 11.3 Å². The zero-order valence-electron chi connectivity index (χ0n) is 13.1. The summed E-state index contributed by atoms with van der Waals surface area (Å²) in [5.41, 5.74) is 0.177. The molecular formula is C17H29NOS. The lowest BCUT2D eigenvalue weighted by Crippen LogP contribution is -2.44. The molecule has 1 aromatic heterocycles. The summed E-state index contributed by atoms with van der Waals surface area (Å²) in [6.45, 7) is 7.05. The zero-order valence-corrected chi connectivity index (χ0v) is 13.9. The Labute approximate surface area is 127 Å². The van der Waals surface area contributed by atoms with Crippen LogP contribution in [0.25, 0.3) is 0 Å². The molecule has 0 aliphatic heterocycles. The van der Waals surface area contributed by atoms with Crippen molar-refractivity contribution in [1.29, 1.82) is 0 Å². The molecule has 2 nitrogen and oxygen atoms in total. The summed E-state index contributed by atoms with van der Waals surface area (Å²) in [6, 6.07) is 5.25. The Balaban J connectivity index is 2.13. The van der Waals surface area contributed by atoms with Crippen molar-refractivity contribution < 1.29 is 5.11 Å². The maximum Gasteiger partial charge on any atom is 0.0446 e. The van der Waals surface area contributed by atoms with Gasteiger partial charge in [0.05, 0.1) is 0 Å². The van der Waals surface area contributed by atoms with Crippen molar-refractivity contribution in [2.45, 2.75) is 65.0 Å². The largest absolute Gasteiger partial charge is 0.396 e. The van der Waals surface area contributed by atoms with Gasteiger partial charge in [0.15, 0.2) is 0 Å². The van der Waals surface area contributed by atoms with Crippen LogP contribution in [0, 0.1) is 11.3 Å². The van der Waals surface area contributed by atoms with Crippen LogP contribution in [0.3, 0.4) is 0 Å². The van der Waals surface area contributed by atoms with Crippen LogP contribution in [0.2, 0.25) is 0 Å². The highest BCUT2D eigenvalue weighted by molar-refractivity contribution is 7.10. The Morgan fingerprint density at radius 2 is 2.05 bits per heavy atom.